The summed E-state index contributed by atoms with van der Waals surface area (Å²) < 4.78 is 0. The van der Waals surface area contributed by atoms with Gasteiger partial charge in [0.2, 0.25) is 5.91 Å². The lowest BCUT2D eigenvalue weighted by atomic mass is 10.0. The Kier molecular flexibility index (Phi) is 4.36. The number of nitrogens with zero attached hydrogens (tertiary/aromatic N) is 1. The van der Waals surface area contributed by atoms with Gasteiger partial charge in [-0.05, 0) is 12.0 Å². The van der Waals surface area contributed by atoms with Crippen molar-refractivity contribution in [2.24, 2.45) is 0 Å². The van der Waals surface area contributed by atoms with Gasteiger partial charge in [0.1, 0.15) is 6.42 Å². The summed E-state index contributed by atoms with van der Waals surface area (Å²) in [6, 6.07) is 11.6. The summed E-state index contributed by atoms with van der Waals surface area (Å²) in [5.41, 5.74) is 1.08. The maximum Gasteiger partial charge on any atom is 0.234 e. The monoisotopic (exact) mass is 202 g/mol. The Morgan fingerprint density at radius 3 is 2.67 bits per heavy atom. The standard InChI is InChI=1S/C12H14N2O/c1-2-11(14-12(15)8-9-13)10-6-4-3-5-7-10/h3-7,11H,2,8H2,1H3,(H,14,15). The van der Waals surface area contributed by atoms with E-state index in [-0.39, 0.29) is 18.4 Å². The highest BCUT2D eigenvalue weighted by Crippen LogP contribution is 2.15. The molecule has 0 aliphatic heterocycles. The number of carbonyl (C=O) groups excluding carboxylic acids is 1. The van der Waals surface area contributed by atoms with Crippen LogP contribution in [0.15, 0.2) is 30.3 Å². The minimum absolute atomic E-state index is 0.00653. The Hall–Kier alpha value is -1.82. The molecule has 0 bridgehead atoms. The largest absolute Gasteiger partial charge is 0.348 e. The molecule has 1 aromatic carbocycles. The smallest absolute Gasteiger partial charge is 0.234 e. The van der Waals surface area contributed by atoms with Crippen molar-refractivity contribution in [3.8, 4) is 6.07 Å². The third-order valence-corrected chi connectivity index (χ3v) is 2.19. The predicted molar refractivity (Wildman–Crippen MR) is 57.8 cm³/mol. The fraction of sp³-hybridized carbons (Fsp3) is 0.333. The van der Waals surface area contributed by atoms with Gasteiger partial charge < -0.3 is 5.32 Å². The van der Waals surface area contributed by atoms with Crippen LogP contribution in [0.3, 0.4) is 0 Å². The number of hydrogen-bond acceptors (Lipinski definition) is 2. The molecule has 0 aromatic heterocycles. The van der Waals surface area contributed by atoms with Crippen molar-refractivity contribution in [3.05, 3.63) is 35.9 Å². The van der Waals surface area contributed by atoms with Gasteiger partial charge in [-0.15, -0.1) is 0 Å². The van der Waals surface area contributed by atoms with Gasteiger partial charge in [0.05, 0.1) is 12.1 Å². The normalized spacial score (nSPS) is 11.5. The number of nitriles is 1. The van der Waals surface area contributed by atoms with Crippen molar-refractivity contribution < 1.29 is 4.79 Å². The molecule has 3 heteroatoms. The molecule has 3 nitrogen and oxygen atoms in total. The molecule has 1 unspecified atom stereocenters. The zero-order valence-electron chi connectivity index (χ0n) is 8.73. The van der Waals surface area contributed by atoms with Crippen LogP contribution in [0.2, 0.25) is 0 Å². The third kappa shape index (κ3) is 3.43. The number of carbonyl (C=O) groups is 1. The number of rotatable bonds is 4. The van der Waals surface area contributed by atoms with E-state index in [1.165, 1.54) is 0 Å². The fourth-order valence-electron chi connectivity index (χ4n) is 1.42. The first-order valence-corrected chi connectivity index (χ1v) is 4.99. The van der Waals surface area contributed by atoms with E-state index < -0.39 is 0 Å². The topological polar surface area (TPSA) is 52.9 Å². The highest BCUT2D eigenvalue weighted by molar-refractivity contribution is 5.78. The summed E-state index contributed by atoms with van der Waals surface area (Å²) in [5.74, 6) is -0.215. The molecule has 0 aliphatic carbocycles. The lowest BCUT2D eigenvalue weighted by Gasteiger charge is -2.16. The second-order valence-corrected chi connectivity index (χ2v) is 3.27. The van der Waals surface area contributed by atoms with Gasteiger partial charge in [-0.3, -0.25) is 4.79 Å². The number of amides is 1. The maximum atomic E-state index is 11.3. The Morgan fingerprint density at radius 2 is 2.13 bits per heavy atom. The van der Waals surface area contributed by atoms with E-state index in [4.69, 9.17) is 5.26 Å². The Labute approximate surface area is 89.7 Å². The van der Waals surface area contributed by atoms with Gasteiger partial charge in [0, 0.05) is 0 Å². The van der Waals surface area contributed by atoms with Crippen LogP contribution in [0.4, 0.5) is 0 Å². The van der Waals surface area contributed by atoms with E-state index in [2.05, 4.69) is 5.32 Å². The number of benzene rings is 1. The Morgan fingerprint density at radius 1 is 1.47 bits per heavy atom. The zero-order valence-corrected chi connectivity index (χ0v) is 8.73. The SMILES string of the molecule is CCC(NC(=O)CC#N)c1ccccc1. The van der Waals surface area contributed by atoms with Gasteiger partial charge in [-0.25, -0.2) is 0 Å². The quantitative estimate of drug-likeness (QED) is 0.813. The molecule has 0 radical (unpaired) electrons. The molecule has 0 aliphatic rings. The Balaban J connectivity index is 2.65. The molecule has 1 aromatic rings. The van der Waals surface area contributed by atoms with Crippen LogP contribution in [0, 0.1) is 11.3 Å². The van der Waals surface area contributed by atoms with Crippen LogP contribution < -0.4 is 5.32 Å². The van der Waals surface area contributed by atoms with Gasteiger partial charge in [-0.1, -0.05) is 37.3 Å². The van der Waals surface area contributed by atoms with E-state index in [1.54, 1.807) is 0 Å². The molecule has 1 rings (SSSR count). The first-order chi connectivity index (χ1) is 7.27. The summed E-state index contributed by atoms with van der Waals surface area (Å²) >= 11 is 0. The van der Waals surface area contributed by atoms with Crippen molar-refractivity contribution in [3.63, 3.8) is 0 Å². The molecule has 0 saturated heterocycles. The second kappa shape index (κ2) is 5.82. The van der Waals surface area contributed by atoms with Crippen LogP contribution in [0.1, 0.15) is 31.4 Å². The summed E-state index contributed by atoms with van der Waals surface area (Å²) in [7, 11) is 0. The molecule has 0 fully saturated rings. The average molecular weight is 202 g/mol. The van der Waals surface area contributed by atoms with Crippen molar-refractivity contribution in [2.45, 2.75) is 25.8 Å². The summed E-state index contributed by atoms with van der Waals surface area (Å²) in [4.78, 5) is 11.3. The lowest BCUT2D eigenvalue weighted by Crippen LogP contribution is -2.27. The molecule has 1 atom stereocenters. The molecule has 15 heavy (non-hydrogen) atoms. The second-order valence-electron chi connectivity index (χ2n) is 3.27. The highest BCUT2D eigenvalue weighted by atomic mass is 16.1. The van der Waals surface area contributed by atoms with Crippen LogP contribution in [-0.2, 0) is 4.79 Å². The van der Waals surface area contributed by atoms with E-state index in [9.17, 15) is 4.79 Å². The zero-order chi connectivity index (χ0) is 11.1. The first kappa shape index (κ1) is 11.3. The van der Waals surface area contributed by atoms with Crippen LogP contribution >= 0.6 is 0 Å². The predicted octanol–water partition coefficient (Wildman–Crippen LogP) is 2.17. The first-order valence-electron chi connectivity index (χ1n) is 4.99. The third-order valence-electron chi connectivity index (χ3n) is 2.19. The summed E-state index contributed by atoms with van der Waals surface area (Å²) in [6.45, 7) is 2.00. The molecular weight excluding hydrogens is 188 g/mol. The van der Waals surface area contributed by atoms with Crippen molar-refractivity contribution in [2.75, 3.05) is 0 Å². The van der Waals surface area contributed by atoms with Gasteiger partial charge in [-0.2, -0.15) is 5.26 Å². The van der Waals surface area contributed by atoms with Crippen LogP contribution in [0.25, 0.3) is 0 Å². The highest BCUT2D eigenvalue weighted by Gasteiger charge is 2.11. The van der Waals surface area contributed by atoms with Gasteiger partial charge in [0.25, 0.3) is 0 Å². The van der Waals surface area contributed by atoms with E-state index in [1.807, 2.05) is 43.3 Å². The minimum Gasteiger partial charge on any atom is -0.348 e. The van der Waals surface area contributed by atoms with Crippen LogP contribution in [-0.4, -0.2) is 5.91 Å². The molecule has 1 amide bonds. The Bertz CT molecular complexity index is 354. The van der Waals surface area contributed by atoms with E-state index >= 15 is 0 Å². The van der Waals surface area contributed by atoms with E-state index in [0.717, 1.165) is 12.0 Å². The fourth-order valence-corrected chi connectivity index (χ4v) is 1.42. The van der Waals surface area contributed by atoms with E-state index in [0.29, 0.717) is 0 Å². The molecule has 0 spiro atoms. The molecule has 1 N–H and O–H groups in total. The lowest BCUT2D eigenvalue weighted by molar-refractivity contribution is -0.120. The number of hydrogen-bond donors (Lipinski definition) is 1. The summed E-state index contributed by atoms with van der Waals surface area (Å²) in [6.07, 6.45) is 0.741. The molecule has 0 saturated carbocycles. The number of nitrogens with one attached hydrogen (secondary N) is 1. The molecule has 0 heterocycles. The van der Waals surface area contributed by atoms with Crippen molar-refractivity contribution in [1.82, 2.24) is 5.32 Å². The van der Waals surface area contributed by atoms with Crippen molar-refractivity contribution in [1.29, 1.82) is 5.26 Å². The summed E-state index contributed by atoms with van der Waals surface area (Å²) in [5, 5.41) is 11.2. The molecule has 78 valence electrons. The van der Waals surface area contributed by atoms with Gasteiger partial charge in [0.15, 0.2) is 0 Å². The minimum atomic E-state index is -0.215. The van der Waals surface area contributed by atoms with Crippen molar-refractivity contribution >= 4 is 5.91 Å². The molecular formula is C12H14N2O. The van der Waals surface area contributed by atoms with Crippen LogP contribution in [0.5, 0.6) is 0 Å². The average Bonchev–Trinajstić information content (AvgIpc) is 2.27. The maximum absolute atomic E-state index is 11.3. The van der Waals surface area contributed by atoms with Gasteiger partial charge >= 0.3 is 0 Å².